The molecule has 1 saturated carbocycles. The van der Waals surface area contributed by atoms with E-state index in [0.29, 0.717) is 27.9 Å². The Hall–Kier alpha value is -2.35. The molecule has 1 aliphatic rings. The minimum Gasteiger partial charge on any atom is -0.493 e. The maximum absolute atomic E-state index is 5.39. The Morgan fingerprint density at radius 1 is 1.12 bits per heavy atom. The normalized spacial score (nSPS) is 15.3. The standard InChI is InChI=1S/C18H24N4O3S/c1-23-14-9-12(10-15(24-2)16(14)25-3)11-19-22-17(20-21-18(22)26)13-7-5-4-6-8-13/h9-11,13H,4-8H2,1-3H3,(H,21,26). The Balaban J connectivity index is 1.93. The molecule has 1 aliphatic carbocycles. The lowest BCUT2D eigenvalue weighted by molar-refractivity contribution is 0.324. The first-order valence-electron chi connectivity index (χ1n) is 8.69. The van der Waals surface area contributed by atoms with Crippen molar-refractivity contribution in [1.29, 1.82) is 0 Å². The fourth-order valence-corrected chi connectivity index (χ4v) is 3.53. The van der Waals surface area contributed by atoms with Gasteiger partial charge in [-0.1, -0.05) is 19.3 Å². The van der Waals surface area contributed by atoms with Gasteiger partial charge in [-0.3, -0.25) is 5.10 Å². The van der Waals surface area contributed by atoms with Crippen LogP contribution in [0.2, 0.25) is 0 Å². The molecule has 1 fully saturated rings. The van der Waals surface area contributed by atoms with Crippen LogP contribution in [0.25, 0.3) is 0 Å². The second kappa shape index (κ2) is 8.35. The molecule has 0 atom stereocenters. The molecule has 7 nitrogen and oxygen atoms in total. The summed E-state index contributed by atoms with van der Waals surface area (Å²) in [6.45, 7) is 0. The Kier molecular flexibility index (Phi) is 5.92. The average Bonchev–Trinajstić information content (AvgIpc) is 3.06. The number of benzene rings is 1. The van der Waals surface area contributed by atoms with Crippen molar-refractivity contribution >= 4 is 18.4 Å². The Bertz CT molecular complexity index is 812. The van der Waals surface area contributed by atoms with E-state index in [-0.39, 0.29) is 0 Å². The highest BCUT2D eigenvalue weighted by Crippen LogP contribution is 2.38. The van der Waals surface area contributed by atoms with Gasteiger partial charge in [0.2, 0.25) is 10.5 Å². The third-order valence-corrected chi connectivity index (χ3v) is 4.92. The van der Waals surface area contributed by atoms with Crippen LogP contribution in [-0.4, -0.2) is 42.4 Å². The SMILES string of the molecule is COc1cc(C=Nn2c(C3CCCCC3)n[nH]c2=S)cc(OC)c1OC. The van der Waals surface area contributed by atoms with Crippen molar-refractivity contribution in [3.8, 4) is 17.2 Å². The average molecular weight is 376 g/mol. The Labute approximate surface area is 158 Å². The number of hydrogen-bond acceptors (Lipinski definition) is 6. The zero-order chi connectivity index (χ0) is 18.5. The lowest BCUT2D eigenvalue weighted by atomic mass is 9.89. The summed E-state index contributed by atoms with van der Waals surface area (Å²) < 4.78 is 18.3. The molecule has 3 rings (SSSR count). The Morgan fingerprint density at radius 3 is 2.35 bits per heavy atom. The topological polar surface area (TPSA) is 73.7 Å². The Morgan fingerprint density at radius 2 is 1.77 bits per heavy atom. The van der Waals surface area contributed by atoms with Gasteiger partial charge in [-0.25, -0.2) is 0 Å². The van der Waals surface area contributed by atoms with Crippen LogP contribution in [0.5, 0.6) is 17.2 Å². The van der Waals surface area contributed by atoms with Gasteiger partial charge in [0, 0.05) is 11.5 Å². The molecule has 0 bridgehead atoms. The first-order chi connectivity index (χ1) is 12.7. The molecule has 2 aromatic rings. The number of aromatic amines is 1. The lowest BCUT2D eigenvalue weighted by Gasteiger charge is -2.19. The molecule has 0 spiro atoms. The summed E-state index contributed by atoms with van der Waals surface area (Å²) in [7, 11) is 4.76. The van der Waals surface area contributed by atoms with Gasteiger partial charge in [-0.15, -0.1) is 0 Å². The van der Waals surface area contributed by atoms with Gasteiger partial charge in [0.15, 0.2) is 17.3 Å². The first-order valence-corrected chi connectivity index (χ1v) is 9.10. The highest BCUT2D eigenvalue weighted by molar-refractivity contribution is 7.71. The molecule has 0 aliphatic heterocycles. The summed E-state index contributed by atoms with van der Waals surface area (Å²) in [6, 6.07) is 3.68. The molecule has 1 aromatic heterocycles. The smallest absolute Gasteiger partial charge is 0.216 e. The van der Waals surface area contributed by atoms with Crippen LogP contribution in [0.1, 0.15) is 49.4 Å². The fraction of sp³-hybridized carbons (Fsp3) is 0.500. The first kappa shape index (κ1) is 18.4. The highest BCUT2D eigenvalue weighted by atomic mass is 32.1. The van der Waals surface area contributed by atoms with Crippen LogP contribution in [0, 0.1) is 4.77 Å². The third-order valence-electron chi connectivity index (χ3n) is 4.66. The molecule has 0 amide bonds. The van der Waals surface area contributed by atoms with Gasteiger partial charge in [0.25, 0.3) is 0 Å². The van der Waals surface area contributed by atoms with Crippen molar-refractivity contribution in [1.82, 2.24) is 14.9 Å². The van der Waals surface area contributed by atoms with Crippen molar-refractivity contribution in [2.45, 2.75) is 38.0 Å². The van der Waals surface area contributed by atoms with Crippen LogP contribution < -0.4 is 14.2 Å². The second-order valence-electron chi connectivity index (χ2n) is 6.24. The van der Waals surface area contributed by atoms with Gasteiger partial charge in [0.1, 0.15) is 0 Å². The fourth-order valence-electron chi connectivity index (χ4n) is 3.34. The van der Waals surface area contributed by atoms with E-state index in [1.807, 2.05) is 12.1 Å². The van der Waals surface area contributed by atoms with E-state index in [1.54, 1.807) is 32.2 Å². The predicted molar refractivity (Wildman–Crippen MR) is 102 cm³/mol. The number of hydrogen-bond donors (Lipinski definition) is 1. The van der Waals surface area contributed by atoms with Crippen LogP contribution in [0.15, 0.2) is 17.2 Å². The van der Waals surface area contributed by atoms with E-state index in [9.17, 15) is 0 Å². The summed E-state index contributed by atoms with van der Waals surface area (Å²) in [5.41, 5.74) is 0.817. The van der Waals surface area contributed by atoms with Crippen molar-refractivity contribution in [3.63, 3.8) is 0 Å². The van der Waals surface area contributed by atoms with E-state index in [1.165, 1.54) is 19.3 Å². The number of rotatable bonds is 6. The molecule has 140 valence electrons. The summed E-state index contributed by atoms with van der Waals surface area (Å²) in [4.78, 5) is 0. The van der Waals surface area contributed by atoms with Gasteiger partial charge in [0.05, 0.1) is 27.5 Å². The van der Waals surface area contributed by atoms with E-state index in [0.717, 1.165) is 24.2 Å². The number of nitrogens with zero attached hydrogens (tertiary/aromatic N) is 3. The molecule has 1 aromatic carbocycles. The molecule has 1 heterocycles. The minimum atomic E-state index is 0.397. The third kappa shape index (κ3) is 3.75. The van der Waals surface area contributed by atoms with Crippen LogP contribution in [0.4, 0.5) is 0 Å². The molecular weight excluding hydrogens is 352 g/mol. The highest BCUT2D eigenvalue weighted by Gasteiger charge is 2.21. The zero-order valence-electron chi connectivity index (χ0n) is 15.3. The molecular formula is C18H24N4O3S. The number of methoxy groups -OCH3 is 3. The summed E-state index contributed by atoms with van der Waals surface area (Å²) >= 11 is 5.36. The molecule has 0 unspecified atom stereocenters. The van der Waals surface area contributed by atoms with Crippen molar-refractivity contribution in [2.24, 2.45) is 5.10 Å². The molecule has 26 heavy (non-hydrogen) atoms. The van der Waals surface area contributed by atoms with Crippen LogP contribution in [-0.2, 0) is 0 Å². The van der Waals surface area contributed by atoms with E-state index in [4.69, 9.17) is 26.4 Å². The van der Waals surface area contributed by atoms with E-state index in [2.05, 4.69) is 15.3 Å². The monoisotopic (exact) mass is 376 g/mol. The maximum atomic E-state index is 5.39. The van der Waals surface area contributed by atoms with Crippen molar-refractivity contribution in [2.75, 3.05) is 21.3 Å². The quantitative estimate of drug-likeness (QED) is 0.611. The van der Waals surface area contributed by atoms with Crippen LogP contribution >= 0.6 is 12.2 Å². The van der Waals surface area contributed by atoms with Gasteiger partial charge >= 0.3 is 0 Å². The molecule has 0 radical (unpaired) electrons. The second-order valence-corrected chi connectivity index (χ2v) is 6.62. The lowest BCUT2D eigenvalue weighted by Crippen LogP contribution is -2.10. The number of H-pyrrole nitrogens is 1. The van der Waals surface area contributed by atoms with E-state index < -0.39 is 0 Å². The largest absolute Gasteiger partial charge is 0.493 e. The zero-order valence-corrected chi connectivity index (χ0v) is 16.1. The number of nitrogens with one attached hydrogen (secondary N) is 1. The summed E-state index contributed by atoms with van der Waals surface area (Å²) in [5.74, 6) is 3.01. The van der Waals surface area contributed by atoms with Gasteiger partial charge < -0.3 is 14.2 Å². The minimum absolute atomic E-state index is 0.397. The maximum Gasteiger partial charge on any atom is 0.216 e. The van der Waals surface area contributed by atoms with Gasteiger partial charge in [-0.05, 0) is 37.2 Å². The van der Waals surface area contributed by atoms with E-state index >= 15 is 0 Å². The van der Waals surface area contributed by atoms with Crippen molar-refractivity contribution in [3.05, 3.63) is 28.3 Å². The molecule has 0 saturated heterocycles. The molecule has 1 N–H and O–H groups in total. The summed E-state index contributed by atoms with van der Waals surface area (Å²) in [6.07, 6.45) is 7.71. The number of aromatic nitrogens is 3. The van der Waals surface area contributed by atoms with Crippen molar-refractivity contribution < 1.29 is 14.2 Å². The number of ether oxygens (including phenoxy) is 3. The van der Waals surface area contributed by atoms with Crippen LogP contribution in [0.3, 0.4) is 0 Å². The summed E-state index contributed by atoms with van der Waals surface area (Å²) in [5, 5.41) is 11.8. The predicted octanol–water partition coefficient (Wildman–Crippen LogP) is 3.90. The van der Waals surface area contributed by atoms with Gasteiger partial charge in [-0.2, -0.15) is 14.9 Å². The molecule has 8 heteroatoms.